The van der Waals surface area contributed by atoms with E-state index in [-0.39, 0.29) is 11.9 Å². The van der Waals surface area contributed by atoms with Crippen LogP contribution in [0.15, 0.2) is 0 Å². The van der Waals surface area contributed by atoms with Gasteiger partial charge in [-0.15, -0.1) is 0 Å². The van der Waals surface area contributed by atoms with Crippen molar-refractivity contribution in [3.63, 3.8) is 0 Å². The van der Waals surface area contributed by atoms with Gasteiger partial charge in [0.25, 0.3) is 0 Å². The Morgan fingerprint density at radius 1 is 1.44 bits per heavy atom. The van der Waals surface area contributed by atoms with Gasteiger partial charge in [0.1, 0.15) is 0 Å². The first-order valence-corrected chi connectivity index (χ1v) is 6.40. The molecule has 3 atom stereocenters. The van der Waals surface area contributed by atoms with E-state index in [4.69, 9.17) is 4.74 Å². The SMILES string of the molecule is CC1OCCC1CNC(=O)C1CCCCN1. The molecular formula is C12H22N2O2. The van der Waals surface area contributed by atoms with E-state index < -0.39 is 0 Å². The fraction of sp³-hybridized carbons (Fsp3) is 0.917. The van der Waals surface area contributed by atoms with Crippen LogP contribution in [0.25, 0.3) is 0 Å². The van der Waals surface area contributed by atoms with Crippen LogP contribution in [0.1, 0.15) is 32.6 Å². The summed E-state index contributed by atoms with van der Waals surface area (Å²) < 4.78 is 5.48. The molecule has 2 saturated heterocycles. The van der Waals surface area contributed by atoms with Gasteiger partial charge < -0.3 is 15.4 Å². The number of carbonyl (C=O) groups excluding carboxylic acids is 1. The molecule has 0 bridgehead atoms. The highest BCUT2D eigenvalue weighted by molar-refractivity contribution is 5.81. The number of nitrogens with one attached hydrogen (secondary N) is 2. The fourth-order valence-corrected chi connectivity index (χ4v) is 2.47. The summed E-state index contributed by atoms with van der Waals surface area (Å²) >= 11 is 0. The summed E-state index contributed by atoms with van der Waals surface area (Å²) in [6.07, 6.45) is 4.69. The van der Waals surface area contributed by atoms with E-state index >= 15 is 0 Å². The number of carbonyl (C=O) groups is 1. The number of amides is 1. The topological polar surface area (TPSA) is 50.4 Å². The molecule has 0 aromatic heterocycles. The first-order chi connectivity index (χ1) is 7.77. The predicted molar refractivity (Wildman–Crippen MR) is 62.2 cm³/mol. The molecule has 3 unspecified atom stereocenters. The van der Waals surface area contributed by atoms with E-state index in [0.717, 1.165) is 39.0 Å². The Bertz CT molecular complexity index is 239. The molecule has 2 heterocycles. The monoisotopic (exact) mass is 226 g/mol. The standard InChI is InChI=1S/C12H22N2O2/c1-9-10(5-7-16-9)8-14-12(15)11-4-2-3-6-13-11/h9-11,13H,2-8H2,1H3,(H,14,15). The summed E-state index contributed by atoms with van der Waals surface area (Å²) in [6.45, 7) is 4.66. The minimum atomic E-state index is 0.0337. The molecule has 2 rings (SSSR count). The summed E-state index contributed by atoms with van der Waals surface area (Å²) in [5.41, 5.74) is 0. The van der Waals surface area contributed by atoms with Gasteiger partial charge in [-0.3, -0.25) is 4.79 Å². The lowest BCUT2D eigenvalue weighted by atomic mass is 10.0. The number of rotatable bonds is 3. The minimum absolute atomic E-state index is 0.0337. The second-order valence-corrected chi connectivity index (χ2v) is 4.87. The van der Waals surface area contributed by atoms with Crippen LogP contribution in [0.5, 0.6) is 0 Å². The maximum atomic E-state index is 11.8. The third-order valence-corrected chi connectivity index (χ3v) is 3.70. The molecule has 0 aromatic carbocycles. The van der Waals surface area contributed by atoms with Crippen molar-refractivity contribution in [1.29, 1.82) is 0 Å². The average Bonchev–Trinajstić information content (AvgIpc) is 2.73. The molecule has 0 radical (unpaired) electrons. The quantitative estimate of drug-likeness (QED) is 0.743. The minimum Gasteiger partial charge on any atom is -0.378 e. The Morgan fingerprint density at radius 2 is 2.31 bits per heavy atom. The number of hydrogen-bond donors (Lipinski definition) is 2. The first-order valence-electron chi connectivity index (χ1n) is 6.40. The molecule has 2 aliphatic rings. The van der Waals surface area contributed by atoms with Crippen molar-refractivity contribution in [3.8, 4) is 0 Å². The summed E-state index contributed by atoms with van der Waals surface area (Å²) in [6, 6.07) is 0.0337. The van der Waals surface area contributed by atoms with Crippen LogP contribution in [0.3, 0.4) is 0 Å². The van der Waals surface area contributed by atoms with E-state index in [9.17, 15) is 4.79 Å². The highest BCUT2D eigenvalue weighted by Crippen LogP contribution is 2.19. The van der Waals surface area contributed by atoms with E-state index in [1.54, 1.807) is 0 Å². The summed E-state index contributed by atoms with van der Waals surface area (Å²) in [5, 5.41) is 6.31. The van der Waals surface area contributed by atoms with Gasteiger partial charge in [0.2, 0.25) is 5.91 Å². The van der Waals surface area contributed by atoms with Crippen molar-refractivity contribution < 1.29 is 9.53 Å². The highest BCUT2D eigenvalue weighted by Gasteiger charge is 2.26. The molecule has 0 aromatic rings. The average molecular weight is 226 g/mol. The second kappa shape index (κ2) is 5.64. The van der Waals surface area contributed by atoms with Crippen molar-refractivity contribution in [3.05, 3.63) is 0 Å². The normalized spacial score (nSPS) is 34.9. The van der Waals surface area contributed by atoms with Crippen molar-refractivity contribution >= 4 is 5.91 Å². The van der Waals surface area contributed by atoms with Crippen LogP contribution < -0.4 is 10.6 Å². The maximum Gasteiger partial charge on any atom is 0.237 e. The molecule has 0 aliphatic carbocycles. The lowest BCUT2D eigenvalue weighted by Crippen LogP contribution is -2.48. The zero-order valence-corrected chi connectivity index (χ0v) is 10.00. The molecule has 4 nitrogen and oxygen atoms in total. The Hall–Kier alpha value is -0.610. The molecule has 0 saturated carbocycles. The lowest BCUT2D eigenvalue weighted by Gasteiger charge is -2.23. The van der Waals surface area contributed by atoms with Gasteiger partial charge in [-0.25, -0.2) is 0 Å². The van der Waals surface area contributed by atoms with Gasteiger partial charge in [0.15, 0.2) is 0 Å². The van der Waals surface area contributed by atoms with Crippen molar-refractivity contribution in [2.75, 3.05) is 19.7 Å². The van der Waals surface area contributed by atoms with Gasteiger partial charge in [-0.1, -0.05) is 6.42 Å². The highest BCUT2D eigenvalue weighted by atomic mass is 16.5. The van der Waals surface area contributed by atoms with E-state index in [0.29, 0.717) is 12.0 Å². The Kier molecular flexibility index (Phi) is 4.18. The molecule has 16 heavy (non-hydrogen) atoms. The van der Waals surface area contributed by atoms with Crippen LogP contribution in [-0.2, 0) is 9.53 Å². The van der Waals surface area contributed by atoms with Crippen molar-refractivity contribution in [1.82, 2.24) is 10.6 Å². The predicted octanol–water partition coefficient (Wildman–Crippen LogP) is 0.670. The van der Waals surface area contributed by atoms with Crippen LogP contribution >= 0.6 is 0 Å². The largest absolute Gasteiger partial charge is 0.378 e. The van der Waals surface area contributed by atoms with Gasteiger partial charge in [0, 0.05) is 19.1 Å². The molecular weight excluding hydrogens is 204 g/mol. The first kappa shape index (κ1) is 11.9. The smallest absolute Gasteiger partial charge is 0.237 e. The fourth-order valence-electron chi connectivity index (χ4n) is 2.47. The van der Waals surface area contributed by atoms with Gasteiger partial charge in [-0.05, 0) is 32.7 Å². The Balaban J connectivity index is 1.70. The number of hydrogen-bond acceptors (Lipinski definition) is 3. The molecule has 4 heteroatoms. The lowest BCUT2D eigenvalue weighted by molar-refractivity contribution is -0.123. The molecule has 92 valence electrons. The van der Waals surface area contributed by atoms with Crippen molar-refractivity contribution in [2.45, 2.75) is 44.8 Å². The van der Waals surface area contributed by atoms with Gasteiger partial charge in [-0.2, -0.15) is 0 Å². The third kappa shape index (κ3) is 2.95. The van der Waals surface area contributed by atoms with Crippen LogP contribution in [-0.4, -0.2) is 37.7 Å². The van der Waals surface area contributed by atoms with Crippen LogP contribution in [0.2, 0.25) is 0 Å². The molecule has 2 fully saturated rings. The summed E-state index contributed by atoms with van der Waals surface area (Å²) in [7, 11) is 0. The molecule has 2 aliphatic heterocycles. The molecule has 0 spiro atoms. The van der Waals surface area contributed by atoms with E-state index in [1.165, 1.54) is 6.42 Å². The zero-order valence-electron chi connectivity index (χ0n) is 10.00. The zero-order chi connectivity index (χ0) is 11.4. The molecule has 2 N–H and O–H groups in total. The van der Waals surface area contributed by atoms with Gasteiger partial charge in [0.05, 0.1) is 12.1 Å². The van der Waals surface area contributed by atoms with Crippen LogP contribution in [0, 0.1) is 5.92 Å². The number of piperidine rings is 1. The third-order valence-electron chi connectivity index (χ3n) is 3.70. The van der Waals surface area contributed by atoms with E-state index in [2.05, 4.69) is 17.6 Å². The van der Waals surface area contributed by atoms with E-state index in [1.807, 2.05) is 0 Å². The second-order valence-electron chi connectivity index (χ2n) is 4.87. The maximum absolute atomic E-state index is 11.8. The summed E-state index contributed by atoms with van der Waals surface area (Å²) in [4.78, 5) is 11.8. The number of ether oxygens (including phenoxy) is 1. The van der Waals surface area contributed by atoms with Crippen molar-refractivity contribution in [2.24, 2.45) is 5.92 Å². The Labute approximate surface area is 97.1 Å². The summed E-state index contributed by atoms with van der Waals surface area (Å²) in [5.74, 6) is 0.659. The van der Waals surface area contributed by atoms with Gasteiger partial charge >= 0.3 is 0 Å². The molecule has 1 amide bonds. The Morgan fingerprint density at radius 3 is 2.94 bits per heavy atom. The van der Waals surface area contributed by atoms with Crippen LogP contribution in [0.4, 0.5) is 0 Å².